The Balaban J connectivity index is 2.04. The average molecular weight is 375 g/mol. The number of ether oxygens (including phenoxy) is 5. The molecule has 0 aliphatic carbocycles. The number of rotatable bonds is 9. The Morgan fingerprint density at radius 1 is 0.778 bits per heavy atom. The van der Waals surface area contributed by atoms with Gasteiger partial charge < -0.3 is 29.0 Å². The molecule has 0 aromatic heterocycles. The van der Waals surface area contributed by atoms with Gasteiger partial charge in [0.05, 0.1) is 35.5 Å². The van der Waals surface area contributed by atoms with Crippen molar-refractivity contribution in [3.05, 3.63) is 41.5 Å². The van der Waals surface area contributed by atoms with Crippen LogP contribution in [0, 0.1) is 0 Å². The number of hydrogen-bond donors (Lipinski definition) is 1. The molecule has 7 nitrogen and oxygen atoms in total. The van der Waals surface area contributed by atoms with Gasteiger partial charge in [0.1, 0.15) is 0 Å². The minimum absolute atomic E-state index is 0.191. The van der Waals surface area contributed by atoms with E-state index in [1.165, 1.54) is 7.11 Å². The molecule has 2 rings (SSSR count). The highest BCUT2D eigenvalue weighted by molar-refractivity contribution is 5.94. The molecule has 0 unspecified atom stereocenters. The predicted octanol–water partition coefficient (Wildman–Crippen LogP) is 2.70. The van der Waals surface area contributed by atoms with Crippen molar-refractivity contribution >= 4 is 5.91 Å². The van der Waals surface area contributed by atoms with E-state index in [4.69, 9.17) is 23.7 Å². The van der Waals surface area contributed by atoms with E-state index < -0.39 is 0 Å². The number of carbonyl (C=O) groups is 1. The van der Waals surface area contributed by atoms with Crippen molar-refractivity contribution in [1.29, 1.82) is 0 Å². The number of carbonyl (C=O) groups excluding carboxylic acids is 1. The van der Waals surface area contributed by atoms with Gasteiger partial charge in [-0.25, -0.2) is 0 Å². The molecule has 1 N–H and O–H groups in total. The van der Waals surface area contributed by atoms with Crippen LogP contribution in [0.1, 0.15) is 15.9 Å². The lowest BCUT2D eigenvalue weighted by atomic mass is 10.1. The second-order valence-corrected chi connectivity index (χ2v) is 5.61. The fourth-order valence-electron chi connectivity index (χ4n) is 2.68. The summed E-state index contributed by atoms with van der Waals surface area (Å²) in [6.07, 6.45) is 0.607. The Bertz CT molecular complexity index is 765. The van der Waals surface area contributed by atoms with Crippen molar-refractivity contribution in [2.75, 3.05) is 42.1 Å². The molecule has 0 atom stereocenters. The third-order valence-corrected chi connectivity index (χ3v) is 4.07. The summed E-state index contributed by atoms with van der Waals surface area (Å²) in [5.74, 6) is 2.60. The normalized spacial score (nSPS) is 10.1. The summed E-state index contributed by atoms with van der Waals surface area (Å²) in [5, 5.41) is 2.89. The van der Waals surface area contributed by atoms with Gasteiger partial charge in [-0.3, -0.25) is 4.79 Å². The summed E-state index contributed by atoms with van der Waals surface area (Å²) in [5.41, 5.74) is 1.45. The molecule has 7 heteroatoms. The van der Waals surface area contributed by atoms with Crippen molar-refractivity contribution in [2.45, 2.75) is 6.42 Å². The molecular formula is C20H25NO6. The summed E-state index contributed by atoms with van der Waals surface area (Å²) in [6, 6.07) is 8.77. The SMILES string of the molecule is COc1ccc(C(=O)NCCc2cc(OC)c(OC)c(OC)c2)cc1OC. The molecule has 0 spiro atoms. The second kappa shape index (κ2) is 9.56. The zero-order chi connectivity index (χ0) is 19.8. The largest absolute Gasteiger partial charge is 0.493 e. The quantitative estimate of drug-likeness (QED) is 0.726. The van der Waals surface area contributed by atoms with Crippen molar-refractivity contribution in [3.8, 4) is 28.7 Å². The first-order valence-corrected chi connectivity index (χ1v) is 8.37. The molecule has 2 aromatic rings. The van der Waals surface area contributed by atoms with E-state index in [2.05, 4.69) is 5.32 Å². The number of hydrogen-bond acceptors (Lipinski definition) is 6. The molecular weight excluding hydrogens is 350 g/mol. The Hall–Kier alpha value is -3.09. The van der Waals surface area contributed by atoms with E-state index in [0.717, 1.165) is 5.56 Å². The lowest BCUT2D eigenvalue weighted by molar-refractivity contribution is 0.0953. The van der Waals surface area contributed by atoms with E-state index >= 15 is 0 Å². The molecule has 27 heavy (non-hydrogen) atoms. The predicted molar refractivity (Wildman–Crippen MR) is 102 cm³/mol. The van der Waals surface area contributed by atoms with Crippen molar-refractivity contribution in [1.82, 2.24) is 5.32 Å². The molecule has 0 saturated carbocycles. The first-order valence-electron chi connectivity index (χ1n) is 8.37. The third kappa shape index (κ3) is 4.75. The van der Waals surface area contributed by atoms with Crippen LogP contribution in [0.2, 0.25) is 0 Å². The smallest absolute Gasteiger partial charge is 0.251 e. The van der Waals surface area contributed by atoms with E-state index in [0.29, 0.717) is 47.3 Å². The summed E-state index contributed by atoms with van der Waals surface area (Å²) in [7, 11) is 7.78. The molecule has 0 radical (unpaired) electrons. The fourth-order valence-corrected chi connectivity index (χ4v) is 2.68. The first kappa shape index (κ1) is 20.2. The van der Waals surface area contributed by atoms with Crippen LogP contribution >= 0.6 is 0 Å². The van der Waals surface area contributed by atoms with Crippen LogP contribution in [0.3, 0.4) is 0 Å². The summed E-state index contributed by atoms with van der Waals surface area (Å²) < 4.78 is 26.4. The number of amides is 1. The Labute approximate surface area is 159 Å². The van der Waals surface area contributed by atoms with Gasteiger partial charge in [-0.05, 0) is 42.3 Å². The Morgan fingerprint density at radius 3 is 1.89 bits per heavy atom. The molecule has 146 valence electrons. The van der Waals surface area contributed by atoms with Crippen LogP contribution < -0.4 is 29.0 Å². The number of nitrogens with one attached hydrogen (secondary N) is 1. The maximum atomic E-state index is 12.4. The standard InChI is InChI=1S/C20H25NO6/c1-23-15-7-6-14(12-16(15)24-2)20(22)21-9-8-13-10-17(25-3)19(27-5)18(11-13)26-4/h6-7,10-12H,8-9H2,1-5H3,(H,21,22). The minimum atomic E-state index is -0.191. The van der Waals surface area contributed by atoms with Crippen LogP contribution in [0.5, 0.6) is 28.7 Å². The van der Waals surface area contributed by atoms with Gasteiger partial charge in [-0.15, -0.1) is 0 Å². The molecule has 0 bridgehead atoms. The Kier molecular flexibility index (Phi) is 7.16. The highest BCUT2D eigenvalue weighted by Crippen LogP contribution is 2.38. The third-order valence-electron chi connectivity index (χ3n) is 4.07. The topological polar surface area (TPSA) is 75.3 Å². The highest BCUT2D eigenvalue weighted by atomic mass is 16.5. The maximum Gasteiger partial charge on any atom is 0.251 e. The minimum Gasteiger partial charge on any atom is -0.493 e. The van der Waals surface area contributed by atoms with Gasteiger partial charge in [0, 0.05) is 12.1 Å². The van der Waals surface area contributed by atoms with Gasteiger partial charge in [0.2, 0.25) is 5.75 Å². The van der Waals surface area contributed by atoms with Crippen molar-refractivity contribution < 1.29 is 28.5 Å². The van der Waals surface area contributed by atoms with Gasteiger partial charge in [0.15, 0.2) is 23.0 Å². The molecule has 0 saturated heterocycles. The number of methoxy groups -OCH3 is 5. The molecule has 1 amide bonds. The highest BCUT2D eigenvalue weighted by Gasteiger charge is 2.14. The van der Waals surface area contributed by atoms with Crippen LogP contribution in [0.15, 0.2) is 30.3 Å². The van der Waals surface area contributed by atoms with Gasteiger partial charge >= 0.3 is 0 Å². The van der Waals surface area contributed by atoms with Gasteiger partial charge in [0.25, 0.3) is 5.91 Å². The van der Waals surface area contributed by atoms with Gasteiger partial charge in [-0.2, -0.15) is 0 Å². The monoisotopic (exact) mass is 375 g/mol. The van der Waals surface area contributed by atoms with Crippen LogP contribution in [-0.4, -0.2) is 48.0 Å². The average Bonchev–Trinajstić information content (AvgIpc) is 2.72. The summed E-state index contributed by atoms with van der Waals surface area (Å²) in [6.45, 7) is 0.450. The van der Waals surface area contributed by atoms with Crippen LogP contribution in [-0.2, 0) is 6.42 Å². The van der Waals surface area contributed by atoms with Crippen molar-refractivity contribution in [2.24, 2.45) is 0 Å². The summed E-state index contributed by atoms with van der Waals surface area (Å²) in [4.78, 5) is 12.4. The molecule has 0 aliphatic heterocycles. The maximum absolute atomic E-state index is 12.4. The van der Waals surface area contributed by atoms with Crippen molar-refractivity contribution in [3.63, 3.8) is 0 Å². The van der Waals surface area contributed by atoms with E-state index in [1.54, 1.807) is 46.6 Å². The lowest BCUT2D eigenvalue weighted by Crippen LogP contribution is -2.25. The van der Waals surface area contributed by atoms with E-state index in [-0.39, 0.29) is 5.91 Å². The second-order valence-electron chi connectivity index (χ2n) is 5.61. The molecule has 0 heterocycles. The van der Waals surface area contributed by atoms with E-state index in [1.807, 2.05) is 12.1 Å². The fraction of sp³-hybridized carbons (Fsp3) is 0.350. The number of benzene rings is 2. The van der Waals surface area contributed by atoms with Crippen LogP contribution in [0.25, 0.3) is 0 Å². The molecule has 0 fully saturated rings. The zero-order valence-electron chi connectivity index (χ0n) is 16.3. The Morgan fingerprint density at radius 2 is 1.37 bits per heavy atom. The molecule has 2 aromatic carbocycles. The summed E-state index contributed by atoms with van der Waals surface area (Å²) >= 11 is 0. The van der Waals surface area contributed by atoms with E-state index in [9.17, 15) is 4.79 Å². The zero-order valence-corrected chi connectivity index (χ0v) is 16.3. The van der Waals surface area contributed by atoms with Gasteiger partial charge in [-0.1, -0.05) is 0 Å². The van der Waals surface area contributed by atoms with Crippen LogP contribution in [0.4, 0.5) is 0 Å². The molecule has 0 aliphatic rings. The first-order chi connectivity index (χ1) is 13.1. The lowest BCUT2D eigenvalue weighted by Gasteiger charge is -2.14.